The number of hydrogen-bond acceptors (Lipinski definition) is 1. The van der Waals surface area contributed by atoms with Crippen LogP contribution in [0.5, 0.6) is 11.5 Å². The van der Waals surface area contributed by atoms with E-state index in [9.17, 15) is 0 Å². The van der Waals surface area contributed by atoms with Gasteiger partial charge in [0.25, 0.3) is 0 Å². The molecule has 4 aromatic carbocycles. The second-order valence-corrected chi connectivity index (χ2v) is 12.3. The smallest absolute Gasteiger partial charge is 0.228 e. The Bertz CT molecular complexity index is 1680. The number of nitrogens with zero attached hydrogens (tertiary/aromatic N) is 1. The molecule has 0 amide bonds. The van der Waals surface area contributed by atoms with Gasteiger partial charge in [-0.2, -0.15) is 0 Å². The highest BCUT2D eigenvalue weighted by Crippen LogP contribution is 2.53. The summed E-state index contributed by atoms with van der Waals surface area (Å²) < 4.78 is 9.35. The van der Waals surface area contributed by atoms with Crippen LogP contribution in [0.4, 0.5) is 0 Å². The second-order valence-electron chi connectivity index (χ2n) is 12.3. The molecule has 1 aliphatic heterocycles. The van der Waals surface area contributed by atoms with Gasteiger partial charge in [0, 0.05) is 17.0 Å². The molecule has 0 bridgehead atoms. The van der Waals surface area contributed by atoms with Crippen LogP contribution in [-0.4, -0.2) is 0 Å². The number of aromatic nitrogens is 1. The molecule has 0 radical (unpaired) electrons. The highest BCUT2D eigenvalue weighted by molar-refractivity contribution is 6.13. The summed E-state index contributed by atoms with van der Waals surface area (Å²) >= 11 is 0. The summed E-state index contributed by atoms with van der Waals surface area (Å²) in [7, 11) is 2.17. The van der Waals surface area contributed by atoms with Crippen LogP contribution in [0.25, 0.3) is 43.6 Å². The molecule has 0 saturated heterocycles. The van der Waals surface area contributed by atoms with Crippen molar-refractivity contribution >= 4 is 32.3 Å². The van der Waals surface area contributed by atoms with Crippen LogP contribution < -0.4 is 9.30 Å². The van der Waals surface area contributed by atoms with Gasteiger partial charge >= 0.3 is 0 Å². The Balaban J connectivity index is 1.72. The van der Waals surface area contributed by atoms with Crippen LogP contribution in [-0.2, 0) is 19.9 Å². The number of pyridine rings is 1. The van der Waals surface area contributed by atoms with Gasteiger partial charge in [0.2, 0.25) is 5.69 Å². The normalized spacial score (nSPS) is 13.0. The van der Waals surface area contributed by atoms with Gasteiger partial charge in [-0.1, -0.05) is 77.1 Å². The van der Waals surface area contributed by atoms with E-state index in [-0.39, 0.29) is 5.41 Å². The van der Waals surface area contributed by atoms with Crippen molar-refractivity contribution in [3.63, 3.8) is 0 Å². The van der Waals surface area contributed by atoms with E-state index in [1.807, 2.05) is 0 Å². The SMILES string of the molecule is Cc1c2c(c(CC(C)C)c3ccccc13)Oc1c3ccc(CC(C)(C)C)cc3cc3cc[n+](C)c-2c13. The van der Waals surface area contributed by atoms with Crippen molar-refractivity contribution in [1.29, 1.82) is 0 Å². The van der Waals surface area contributed by atoms with Crippen LogP contribution in [0.1, 0.15) is 51.3 Å². The summed E-state index contributed by atoms with van der Waals surface area (Å²) in [6, 6.07) is 20.4. The number of ether oxygens (including phenoxy) is 1. The van der Waals surface area contributed by atoms with Crippen LogP contribution in [0.15, 0.2) is 60.8 Å². The molecule has 182 valence electrons. The minimum absolute atomic E-state index is 0.249. The van der Waals surface area contributed by atoms with Crippen molar-refractivity contribution in [3.05, 3.63) is 77.5 Å². The lowest BCUT2D eigenvalue weighted by Crippen LogP contribution is -2.32. The Morgan fingerprint density at radius 3 is 2.33 bits per heavy atom. The number of aryl methyl sites for hydroxylation is 2. The van der Waals surface area contributed by atoms with Crippen molar-refractivity contribution < 1.29 is 9.30 Å². The Morgan fingerprint density at radius 1 is 0.861 bits per heavy atom. The molecular formula is C34H36NO+. The molecule has 0 atom stereocenters. The monoisotopic (exact) mass is 474 g/mol. The van der Waals surface area contributed by atoms with Crippen LogP contribution in [0, 0.1) is 18.3 Å². The maximum Gasteiger partial charge on any atom is 0.228 e. The number of benzene rings is 4. The van der Waals surface area contributed by atoms with Gasteiger partial charge in [-0.15, -0.1) is 0 Å². The highest BCUT2D eigenvalue weighted by atomic mass is 16.5. The third kappa shape index (κ3) is 3.58. The first-order valence-electron chi connectivity index (χ1n) is 13.2. The van der Waals surface area contributed by atoms with Gasteiger partial charge in [0.1, 0.15) is 18.5 Å². The summed E-state index contributed by atoms with van der Waals surface area (Å²) in [4.78, 5) is 0. The van der Waals surface area contributed by atoms with E-state index in [2.05, 4.69) is 114 Å². The van der Waals surface area contributed by atoms with Gasteiger partial charge in [-0.25, -0.2) is 4.57 Å². The number of hydrogen-bond donors (Lipinski definition) is 0. The van der Waals surface area contributed by atoms with Gasteiger partial charge < -0.3 is 4.74 Å². The molecule has 36 heavy (non-hydrogen) atoms. The largest absolute Gasteiger partial charge is 0.455 e. The molecule has 0 fully saturated rings. The Hall–Kier alpha value is -3.39. The molecule has 0 N–H and O–H groups in total. The van der Waals surface area contributed by atoms with Crippen molar-refractivity contribution in [3.8, 4) is 22.8 Å². The van der Waals surface area contributed by atoms with E-state index in [0.717, 1.165) is 24.3 Å². The van der Waals surface area contributed by atoms with Crippen molar-refractivity contribution in [2.24, 2.45) is 18.4 Å². The molecule has 0 spiro atoms. The second kappa shape index (κ2) is 8.06. The van der Waals surface area contributed by atoms with Crippen molar-refractivity contribution in [2.45, 2.75) is 54.4 Å². The first-order valence-corrected chi connectivity index (χ1v) is 13.2. The third-order valence-corrected chi connectivity index (χ3v) is 7.57. The number of fused-ring (bicyclic) bond motifs is 5. The highest BCUT2D eigenvalue weighted by Gasteiger charge is 2.33. The summed E-state index contributed by atoms with van der Waals surface area (Å²) in [5, 5.41) is 7.54. The molecule has 2 nitrogen and oxygen atoms in total. The van der Waals surface area contributed by atoms with Gasteiger partial charge in [-0.3, -0.25) is 0 Å². The van der Waals surface area contributed by atoms with Gasteiger partial charge in [0.15, 0.2) is 6.20 Å². The van der Waals surface area contributed by atoms with E-state index in [0.29, 0.717) is 5.92 Å². The van der Waals surface area contributed by atoms with Crippen LogP contribution in [0.3, 0.4) is 0 Å². The number of rotatable bonds is 3. The van der Waals surface area contributed by atoms with Crippen LogP contribution >= 0.6 is 0 Å². The average Bonchev–Trinajstić information content (AvgIpc) is 2.82. The lowest BCUT2D eigenvalue weighted by Gasteiger charge is -2.27. The first-order chi connectivity index (χ1) is 17.1. The van der Waals surface area contributed by atoms with Crippen LogP contribution in [0.2, 0.25) is 0 Å². The van der Waals surface area contributed by atoms with E-state index in [1.165, 1.54) is 60.3 Å². The molecule has 2 heteroatoms. The third-order valence-electron chi connectivity index (χ3n) is 7.57. The minimum Gasteiger partial charge on any atom is -0.455 e. The van der Waals surface area contributed by atoms with E-state index < -0.39 is 0 Å². The molecule has 6 rings (SSSR count). The molecule has 0 saturated carbocycles. The maximum atomic E-state index is 7.07. The van der Waals surface area contributed by atoms with Gasteiger partial charge in [-0.05, 0) is 69.8 Å². The minimum atomic E-state index is 0.249. The molecular weight excluding hydrogens is 438 g/mol. The fourth-order valence-electron chi connectivity index (χ4n) is 6.15. The summed E-state index contributed by atoms with van der Waals surface area (Å²) in [6.07, 6.45) is 4.25. The fraction of sp³-hybridized carbons (Fsp3) is 0.324. The lowest BCUT2D eigenvalue weighted by atomic mass is 9.85. The Kier molecular flexibility index (Phi) is 5.16. The summed E-state index contributed by atoms with van der Waals surface area (Å²) in [5.41, 5.74) is 6.75. The Morgan fingerprint density at radius 2 is 1.61 bits per heavy atom. The first kappa shape index (κ1) is 23.0. The predicted octanol–water partition coefficient (Wildman–Crippen LogP) is 8.84. The molecule has 0 unspecified atom stereocenters. The molecule has 1 aromatic heterocycles. The molecule has 0 aliphatic carbocycles. The predicted molar refractivity (Wildman–Crippen MR) is 152 cm³/mol. The molecule has 2 heterocycles. The van der Waals surface area contributed by atoms with Crippen molar-refractivity contribution in [2.75, 3.05) is 0 Å². The van der Waals surface area contributed by atoms with Crippen molar-refractivity contribution in [1.82, 2.24) is 0 Å². The quantitative estimate of drug-likeness (QED) is 0.184. The summed E-state index contributed by atoms with van der Waals surface area (Å²) in [5.74, 6) is 2.58. The van der Waals surface area contributed by atoms with Gasteiger partial charge in [0.05, 0.1) is 10.9 Å². The van der Waals surface area contributed by atoms with E-state index in [1.54, 1.807) is 0 Å². The zero-order valence-electron chi connectivity index (χ0n) is 22.6. The fourth-order valence-corrected chi connectivity index (χ4v) is 6.15. The average molecular weight is 475 g/mol. The van der Waals surface area contributed by atoms with E-state index in [4.69, 9.17) is 4.74 Å². The molecule has 5 aromatic rings. The topological polar surface area (TPSA) is 13.1 Å². The zero-order valence-corrected chi connectivity index (χ0v) is 22.6. The zero-order chi connectivity index (χ0) is 25.4. The molecule has 1 aliphatic rings. The standard InChI is InChI=1S/C34H36NO/c1-20(2)16-28-27-11-9-8-10-25(27)21(3)29-31-30-23(14-15-35(31)7)18-24-17-22(19-34(4,5)6)12-13-26(24)32(30)36-33(28)29/h8-15,17-18,20H,16,19H2,1-7H3/q+1. The summed E-state index contributed by atoms with van der Waals surface area (Å²) in [6.45, 7) is 13.8. The Labute approximate surface area is 214 Å². The van der Waals surface area contributed by atoms with E-state index >= 15 is 0 Å². The lowest BCUT2D eigenvalue weighted by molar-refractivity contribution is -0.659. The maximum absolute atomic E-state index is 7.07.